The highest BCUT2D eigenvalue weighted by molar-refractivity contribution is 5.85. The van der Waals surface area contributed by atoms with Crippen LogP contribution >= 0.6 is 0 Å². The molecule has 0 saturated carbocycles. The summed E-state index contributed by atoms with van der Waals surface area (Å²) in [6.45, 7) is 3.86. The Labute approximate surface area is 168 Å². The molecule has 0 unspecified atom stereocenters. The average Bonchev–Trinajstić information content (AvgIpc) is 2.73. The van der Waals surface area contributed by atoms with E-state index in [0.29, 0.717) is 51.3 Å². The van der Waals surface area contributed by atoms with Crippen LogP contribution < -0.4 is 14.9 Å². The van der Waals surface area contributed by atoms with Gasteiger partial charge in [0.1, 0.15) is 18.5 Å². The van der Waals surface area contributed by atoms with Gasteiger partial charge in [-0.25, -0.2) is 0 Å². The molecule has 3 aromatic rings. The number of benzene rings is 2. The number of allylic oxidation sites excluding steroid dienone is 1. The molecule has 0 fully saturated rings. The second-order valence-electron chi connectivity index (χ2n) is 6.88. The lowest BCUT2D eigenvalue weighted by Crippen LogP contribution is -2.08. The van der Waals surface area contributed by atoms with Gasteiger partial charge in [0.25, 0.3) is 0 Å². The van der Waals surface area contributed by atoms with E-state index in [1.54, 1.807) is 30.3 Å². The molecule has 0 aliphatic rings. The third-order valence-corrected chi connectivity index (χ3v) is 4.58. The van der Waals surface area contributed by atoms with Gasteiger partial charge >= 0.3 is 0 Å². The van der Waals surface area contributed by atoms with Gasteiger partial charge < -0.3 is 24.1 Å². The van der Waals surface area contributed by atoms with Crippen LogP contribution in [-0.2, 0) is 13.2 Å². The molecule has 0 aliphatic carbocycles. The highest BCUT2D eigenvalue weighted by atomic mass is 16.5. The van der Waals surface area contributed by atoms with E-state index >= 15 is 0 Å². The van der Waals surface area contributed by atoms with Gasteiger partial charge in [0.05, 0.1) is 31.3 Å². The molecule has 0 saturated heterocycles. The Morgan fingerprint density at radius 3 is 2.55 bits per heavy atom. The number of aliphatic hydroxyl groups excluding tert-OH is 2. The van der Waals surface area contributed by atoms with Gasteiger partial charge in [-0.1, -0.05) is 17.7 Å². The second-order valence-corrected chi connectivity index (χ2v) is 6.88. The van der Waals surface area contributed by atoms with Crippen molar-refractivity contribution in [1.82, 2.24) is 0 Å². The lowest BCUT2D eigenvalue weighted by atomic mass is 10.0. The molecule has 0 bridgehead atoms. The van der Waals surface area contributed by atoms with E-state index in [1.807, 2.05) is 19.9 Å². The summed E-state index contributed by atoms with van der Waals surface area (Å²) in [5.74, 6) is 1.07. The monoisotopic (exact) mass is 396 g/mol. The van der Waals surface area contributed by atoms with Gasteiger partial charge in [0, 0.05) is 0 Å². The fraction of sp³-hybridized carbons (Fsp3) is 0.261. The van der Waals surface area contributed by atoms with Gasteiger partial charge in [-0.15, -0.1) is 0 Å². The maximum Gasteiger partial charge on any atom is 0.200 e. The zero-order chi connectivity index (χ0) is 21.0. The summed E-state index contributed by atoms with van der Waals surface area (Å²) in [4.78, 5) is 13.1. The van der Waals surface area contributed by atoms with E-state index in [1.165, 1.54) is 13.4 Å². The fourth-order valence-corrected chi connectivity index (χ4v) is 3.07. The van der Waals surface area contributed by atoms with Crippen molar-refractivity contribution in [3.05, 3.63) is 69.6 Å². The SMILES string of the molecule is COc1cc(-c2coc3cc(CO)cc(CO)c3c2=O)ccc1OCC=C(C)C. The molecule has 0 radical (unpaired) electrons. The van der Waals surface area contributed by atoms with Gasteiger partial charge in [0.2, 0.25) is 5.43 Å². The zero-order valence-electron chi connectivity index (χ0n) is 16.7. The van der Waals surface area contributed by atoms with Crippen molar-refractivity contribution in [1.29, 1.82) is 0 Å². The maximum absolute atomic E-state index is 13.1. The summed E-state index contributed by atoms with van der Waals surface area (Å²) in [5, 5.41) is 19.3. The average molecular weight is 396 g/mol. The Morgan fingerprint density at radius 2 is 1.90 bits per heavy atom. The van der Waals surface area contributed by atoms with E-state index in [-0.39, 0.29) is 18.6 Å². The molecule has 1 heterocycles. The molecule has 1 aromatic heterocycles. The molecule has 6 heteroatoms. The number of aliphatic hydroxyl groups is 2. The summed E-state index contributed by atoms with van der Waals surface area (Å²) in [6, 6.07) is 8.43. The highest BCUT2D eigenvalue weighted by Gasteiger charge is 2.15. The predicted molar refractivity (Wildman–Crippen MR) is 111 cm³/mol. The molecule has 2 aromatic carbocycles. The number of rotatable bonds is 7. The number of fused-ring (bicyclic) bond motifs is 1. The Kier molecular flexibility index (Phi) is 6.36. The molecule has 29 heavy (non-hydrogen) atoms. The Morgan fingerprint density at radius 1 is 1.10 bits per heavy atom. The van der Waals surface area contributed by atoms with Crippen LogP contribution in [0.5, 0.6) is 11.5 Å². The number of hydrogen-bond donors (Lipinski definition) is 2. The third-order valence-electron chi connectivity index (χ3n) is 4.58. The van der Waals surface area contributed by atoms with Gasteiger partial charge in [-0.2, -0.15) is 0 Å². The van der Waals surface area contributed by atoms with Crippen molar-refractivity contribution in [3.8, 4) is 22.6 Å². The van der Waals surface area contributed by atoms with Crippen LogP contribution in [0.3, 0.4) is 0 Å². The second kappa shape index (κ2) is 8.94. The quantitative estimate of drug-likeness (QED) is 0.591. The predicted octanol–water partition coefficient (Wildman–Crippen LogP) is 3.80. The van der Waals surface area contributed by atoms with Crippen LogP contribution in [-0.4, -0.2) is 23.9 Å². The van der Waals surface area contributed by atoms with E-state index in [4.69, 9.17) is 13.9 Å². The molecule has 0 spiro atoms. The minimum Gasteiger partial charge on any atom is -0.493 e. The Bertz CT molecular complexity index is 1110. The fourth-order valence-electron chi connectivity index (χ4n) is 3.07. The van der Waals surface area contributed by atoms with Crippen LogP contribution in [0.1, 0.15) is 25.0 Å². The standard InChI is InChI=1S/C23H24O6/c1-14(2)6-7-28-19-5-4-16(10-20(19)27-3)18-13-29-21-9-15(11-24)8-17(12-25)22(21)23(18)26/h4-6,8-10,13,24-25H,7,11-12H2,1-3H3. The van der Waals surface area contributed by atoms with E-state index in [9.17, 15) is 15.0 Å². The molecule has 3 rings (SSSR count). The summed E-state index contributed by atoms with van der Waals surface area (Å²) < 4.78 is 16.8. The van der Waals surface area contributed by atoms with Crippen molar-refractivity contribution in [2.75, 3.05) is 13.7 Å². The first-order valence-electron chi connectivity index (χ1n) is 9.22. The molecule has 0 amide bonds. The van der Waals surface area contributed by atoms with Gasteiger partial charge in [0.15, 0.2) is 11.5 Å². The van der Waals surface area contributed by atoms with Crippen LogP contribution in [0.15, 0.2) is 57.5 Å². The summed E-state index contributed by atoms with van der Waals surface area (Å²) >= 11 is 0. The molecule has 0 atom stereocenters. The first-order chi connectivity index (χ1) is 14.0. The smallest absolute Gasteiger partial charge is 0.200 e. The number of hydrogen-bond acceptors (Lipinski definition) is 6. The van der Waals surface area contributed by atoms with Crippen LogP contribution in [0.2, 0.25) is 0 Å². The van der Waals surface area contributed by atoms with Crippen molar-refractivity contribution in [3.63, 3.8) is 0 Å². The topological polar surface area (TPSA) is 89.1 Å². The highest BCUT2D eigenvalue weighted by Crippen LogP contribution is 2.32. The van der Waals surface area contributed by atoms with Crippen LogP contribution in [0.25, 0.3) is 22.1 Å². The Hall–Kier alpha value is -3.09. The first kappa shape index (κ1) is 20.6. The normalized spacial score (nSPS) is 10.8. The van der Waals surface area contributed by atoms with Gasteiger partial charge in [-0.05, 0) is 54.8 Å². The molecular weight excluding hydrogens is 372 g/mol. The maximum atomic E-state index is 13.1. The lowest BCUT2D eigenvalue weighted by molar-refractivity contribution is 0.276. The van der Waals surface area contributed by atoms with Crippen molar-refractivity contribution in [2.45, 2.75) is 27.1 Å². The van der Waals surface area contributed by atoms with Crippen molar-refractivity contribution >= 4 is 11.0 Å². The minimum atomic E-state index is -0.334. The van der Waals surface area contributed by atoms with Crippen LogP contribution in [0.4, 0.5) is 0 Å². The summed E-state index contributed by atoms with van der Waals surface area (Å²) in [6.07, 6.45) is 3.34. The molecule has 6 nitrogen and oxygen atoms in total. The summed E-state index contributed by atoms with van der Waals surface area (Å²) in [7, 11) is 1.54. The van der Waals surface area contributed by atoms with Gasteiger partial charge in [-0.3, -0.25) is 4.79 Å². The third kappa shape index (κ3) is 4.34. The molecule has 2 N–H and O–H groups in total. The summed E-state index contributed by atoms with van der Waals surface area (Å²) in [5.41, 5.74) is 3.15. The molecule has 152 valence electrons. The zero-order valence-corrected chi connectivity index (χ0v) is 16.7. The number of ether oxygens (including phenoxy) is 2. The van der Waals surface area contributed by atoms with Crippen LogP contribution in [0, 0.1) is 0 Å². The molecule has 0 aliphatic heterocycles. The van der Waals surface area contributed by atoms with E-state index in [2.05, 4.69) is 0 Å². The number of methoxy groups -OCH3 is 1. The Balaban J connectivity index is 2.07. The molecular formula is C23H24O6. The van der Waals surface area contributed by atoms with Crippen molar-refractivity contribution in [2.24, 2.45) is 0 Å². The van der Waals surface area contributed by atoms with E-state index < -0.39 is 0 Å². The largest absolute Gasteiger partial charge is 0.493 e. The lowest BCUT2D eigenvalue weighted by Gasteiger charge is -2.12. The minimum absolute atomic E-state index is 0.209. The van der Waals surface area contributed by atoms with E-state index in [0.717, 1.165) is 5.57 Å². The van der Waals surface area contributed by atoms with Crippen molar-refractivity contribution < 1.29 is 24.1 Å². The first-order valence-corrected chi connectivity index (χ1v) is 9.22.